The summed E-state index contributed by atoms with van der Waals surface area (Å²) in [7, 11) is 1.27. The molecule has 2 heterocycles. The second-order valence-electron chi connectivity index (χ2n) is 7.43. The minimum absolute atomic E-state index is 0.0362. The number of carbonyl (C=O) groups excluding carboxylic acids is 2. The Labute approximate surface area is 155 Å². The molecule has 0 aliphatic carbocycles. The van der Waals surface area contributed by atoms with Gasteiger partial charge >= 0.3 is 5.97 Å². The maximum absolute atomic E-state index is 12.4. The highest BCUT2D eigenvalue weighted by Crippen LogP contribution is 2.47. The summed E-state index contributed by atoms with van der Waals surface area (Å²) in [6.45, 7) is 2.20. The minimum atomic E-state index is -2.36. The Balaban J connectivity index is 1.83. The summed E-state index contributed by atoms with van der Waals surface area (Å²) in [6, 6.07) is 0. The molecule has 7 nitrogen and oxygen atoms in total. The Morgan fingerprint density at radius 1 is 1.19 bits per heavy atom. The van der Waals surface area contributed by atoms with Gasteiger partial charge in [0, 0.05) is 13.5 Å². The first-order chi connectivity index (χ1) is 12.4. The third kappa shape index (κ3) is 3.96. The predicted octanol–water partition coefficient (Wildman–Crippen LogP) is 1.87. The Kier molecular flexibility index (Phi) is 7.58. The van der Waals surface area contributed by atoms with Crippen molar-refractivity contribution in [2.24, 2.45) is 0 Å². The van der Waals surface area contributed by atoms with Crippen molar-refractivity contribution in [3.05, 3.63) is 0 Å². The van der Waals surface area contributed by atoms with Crippen molar-refractivity contribution >= 4 is 12.3 Å². The van der Waals surface area contributed by atoms with Crippen LogP contribution < -0.4 is 0 Å². The van der Waals surface area contributed by atoms with Crippen molar-refractivity contribution in [3.8, 4) is 0 Å². The van der Waals surface area contributed by atoms with Crippen LogP contribution in [0.1, 0.15) is 71.1 Å². The zero-order valence-electron chi connectivity index (χ0n) is 15.8. The van der Waals surface area contributed by atoms with Gasteiger partial charge in [0.05, 0.1) is 0 Å². The van der Waals surface area contributed by atoms with Crippen molar-refractivity contribution < 1.29 is 34.0 Å². The van der Waals surface area contributed by atoms with Crippen LogP contribution >= 0.6 is 0 Å². The second kappa shape index (κ2) is 9.26. The summed E-state index contributed by atoms with van der Waals surface area (Å²) < 4.78 is 15.8. The molecule has 0 unspecified atom stereocenters. The summed E-state index contributed by atoms with van der Waals surface area (Å²) >= 11 is 0. The molecule has 2 saturated heterocycles. The van der Waals surface area contributed by atoms with Crippen LogP contribution in [-0.2, 0) is 23.8 Å². The zero-order valence-corrected chi connectivity index (χ0v) is 15.8. The molecule has 2 fully saturated rings. The van der Waals surface area contributed by atoms with Crippen molar-refractivity contribution in [2.45, 2.75) is 101 Å². The maximum Gasteiger partial charge on any atom is 0.342 e. The lowest BCUT2D eigenvalue weighted by Crippen LogP contribution is -2.60. The van der Waals surface area contributed by atoms with Gasteiger partial charge in [0.2, 0.25) is 5.60 Å². The van der Waals surface area contributed by atoms with Crippen LogP contribution in [-0.4, -0.2) is 59.3 Å². The first kappa shape index (κ1) is 21.3. The number of unbranched alkanes of at least 4 members (excludes halogenated alkanes) is 7. The van der Waals surface area contributed by atoms with Crippen molar-refractivity contribution in [1.82, 2.24) is 0 Å². The van der Waals surface area contributed by atoms with Crippen LogP contribution in [0.15, 0.2) is 0 Å². The van der Waals surface area contributed by atoms with Gasteiger partial charge in [-0.2, -0.15) is 0 Å². The molecule has 150 valence electrons. The zero-order chi connectivity index (χ0) is 19.2. The molecule has 1 spiro atoms. The molecule has 0 radical (unpaired) electrons. The number of hydrogen-bond donors (Lipinski definition) is 2. The fourth-order valence-electron chi connectivity index (χ4n) is 3.93. The minimum Gasteiger partial charge on any atom is -0.460 e. The summed E-state index contributed by atoms with van der Waals surface area (Å²) in [6.07, 6.45) is 6.90. The van der Waals surface area contributed by atoms with Crippen LogP contribution in [0.2, 0.25) is 0 Å². The number of carbonyl (C=O) groups is 2. The molecule has 0 aromatic carbocycles. The van der Waals surface area contributed by atoms with Gasteiger partial charge in [0.15, 0.2) is 18.2 Å². The highest BCUT2D eigenvalue weighted by molar-refractivity contribution is 5.90. The smallest absolute Gasteiger partial charge is 0.342 e. The molecule has 0 aromatic rings. The summed E-state index contributed by atoms with van der Waals surface area (Å²) in [5.41, 5.74) is -4.25. The lowest BCUT2D eigenvalue weighted by molar-refractivity contribution is -0.194. The quantitative estimate of drug-likeness (QED) is 0.324. The van der Waals surface area contributed by atoms with E-state index in [4.69, 9.17) is 14.2 Å². The summed E-state index contributed by atoms with van der Waals surface area (Å²) in [5.74, 6) is -0.810. The van der Waals surface area contributed by atoms with Gasteiger partial charge < -0.3 is 24.4 Å². The lowest BCUT2D eigenvalue weighted by atomic mass is 9.79. The monoisotopic (exact) mass is 372 g/mol. The van der Waals surface area contributed by atoms with Crippen molar-refractivity contribution in [3.63, 3.8) is 0 Å². The standard InChI is InChI=1S/C19H32O7/c1-3-4-5-6-7-8-9-10-11-14-12-19(17(22)25-14)18(23,13-20)15(21)16(24-2)26-19/h13-16,21,23H,3-12H2,1-2H3/t14-,15+,16-,18-,19-/m0/s1. The number of aliphatic hydroxyl groups excluding tert-OH is 1. The molecule has 0 aromatic heterocycles. The van der Waals surface area contributed by atoms with E-state index in [1.807, 2.05) is 0 Å². The normalized spacial score (nSPS) is 36.6. The van der Waals surface area contributed by atoms with Gasteiger partial charge in [-0.1, -0.05) is 51.9 Å². The maximum atomic E-state index is 12.4. The largest absolute Gasteiger partial charge is 0.460 e. The molecule has 0 bridgehead atoms. The van der Waals surface area contributed by atoms with Gasteiger partial charge in [-0.15, -0.1) is 0 Å². The van der Waals surface area contributed by atoms with Crippen molar-refractivity contribution in [1.29, 1.82) is 0 Å². The molecule has 26 heavy (non-hydrogen) atoms. The van der Waals surface area contributed by atoms with E-state index in [0.717, 1.165) is 19.3 Å². The highest BCUT2D eigenvalue weighted by atomic mass is 16.7. The molecule has 7 heteroatoms. The molecule has 0 saturated carbocycles. The van der Waals surface area contributed by atoms with Gasteiger partial charge in [0.25, 0.3) is 0 Å². The third-order valence-electron chi connectivity index (χ3n) is 5.58. The predicted molar refractivity (Wildman–Crippen MR) is 93.4 cm³/mol. The molecule has 2 aliphatic heterocycles. The Morgan fingerprint density at radius 3 is 2.38 bits per heavy atom. The number of hydrogen-bond acceptors (Lipinski definition) is 7. The van der Waals surface area contributed by atoms with Gasteiger partial charge in [0.1, 0.15) is 12.2 Å². The van der Waals surface area contributed by atoms with E-state index in [1.54, 1.807) is 0 Å². The van der Waals surface area contributed by atoms with Crippen LogP contribution in [0.4, 0.5) is 0 Å². The molecule has 0 amide bonds. The molecule has 2 rings (SSSR count). The fraction of sp³-hybridized carbons (Fsp3) is 0.895. The van der Waals surface area contributed by atoms with Gasteiger partial charge in [-0.25, -0.2) is 4.79 Å². The number of methoxy groups -OCH3 is 1. The summed E-state index contributed by atoms with van der Waals surface area (Å²) in [5, 5.41) is 20.7. The van der Waals surface area contributed by atoms with E-state index in [1.165, 1.54) is 39.2 Å². The van der Waals surface area contributed by atoms with Gasteiger partial charge in [-0.3, -0.25) is 4.79 Å². The Bertz CT molecular complexity index is 483. The molecule has 2 N–H and O–H groups in total. The van der Waals surface area contributed by atoms with E-state index in [2.05, 4.69) is 6.92 Å². The number of ether oxygens (including phenoxy) is 3. The third-order valence-corrected chi connectivity index (χ3v) is 5.58. The van der Waals surface area contributed by atoms with Crippen LogP contribution in [0.25, 0.3) is 0 Å². The van der Waals surface area contributed by atoms with Crippen LogP contribution in [0.3, 0.4) is 0 Å². The average molecular weight is 372 g/mol. The first-order valence-corrected chi connectivity index (χ1v) is 9.73. The Morgan fingerprint density at radius 2 is 1.81 bits per heavy atom. The van der Waals surface area contributed by atoms with E-state index >= 15 is 0 Å². The molecule has 5 atom stereocenters. The van der Waals surface area contributed by atoms with E-state index in [0.29, 0.717) is 6.42 Å². The SMILES string of the molecule is CCCCCCCCCC[C@H]1C[C@]2(O[C@H](OC)[C@@H](O)[C@@]2(O)C=O)C(=O)O1. The van der Waals surface area contributed by atoms with E-state index in [9.17, 15) is 19.8 Å². The first-order valence-electron chi connectivity index (χ1n) is 9.73. The van der Waals surface area contributed by atoms with E-state index < -0.39 is 35.7 Å². The molecular weight excluding hydrogens is 340 g/mol. The molecule has 2 aliphatic rings. The number of esters is 1. The number of rotatable bonds is 11. The highest BCUT2D eigenvalue weighted by Gasteiger charge is 2.73. The fourth-order valence-corrected chi connectivity index (χ4v) is 3.93. The topological polar surface area (TPSA) is 102 Å². The second-order valence-corrected chi connectivity index (χ2v) is 7.43. The lowest BCUT2D eigenvalue weighted by Gasteiger charge is -2.30. The van der Waals surface area contributed by atoms with Crippen molar-refractivity contribution in [2.75, 3.05) is 7.11 Å². The van der Waals surface area contributed by atoms with Crippen LogP contribution in [0, 0.1) is 0 Å². The number of cyclic esters (lactones) is 1. The Hall–Kier alpha value is -1.02. The van der Waals surface area contributed by atoms with Crippen LogP contribution in [0.5, 0.6) is 0 Å². The molecular formula is C19H32O7. The average Bonchev–Trinajstić information content (AvgIpc) is 3.07. The van der Waals surface area contributed by atoms with E-state index in [-0.39, 0.29) is 12.7 Å². The number of aliphatic hydroxyl groups is 2. The summed E-state index contributed by atoms with van der Waals surface area (Å²) in [4.78, 5) is 23.9. The number of aldehydes is 1. The van der Waals surface area contributed by atoms with Gasteiger partial charge in [-0.05, 0) is 12.8 Å².